The van der Waals surface area contributed by atoms with Crippen molar-refractivity contribution in [3.05, 3.63) is 30.3 Å². The van der Waals surface area contributed by atoms with E-state index in [1.54, 1.807) is 45.9 Å². The molecule has 0 saturated carbocycles. The van der Waals surface area contributed by atoms with Crippen LogP contribution in [0.2, 0.25) is 0 Å². The summed E-state index contributed by atoms with van der Waals surface area (Å²) in [5.74, 6) is -6.99. The molecule has 0 spiro atoms. The lowest BCUT2D eigenvalue weighted by Gasteiger charge is -2.37. The third-order valence-corrected chi connectivity index (χ3v) is 6.92. The van der Waals surface area contributed by atoms with Crippen LogP contribution in [0.1, 0.15) is 27.7 Å². The minimum absolute atomic E-state index is 0.0349. The first kappa shape index (κ1) is 25.9. The first-order chi connectivity index (χ1) is 17.1. The lowest BCUT2D eigenvalue weighted by Crippen LogP contribution is -2.49. The van der Waals surface area contributed by atoms with Crippen LogP contribution < -0.4 is 5.46 Å². The molecule has 4 rings (SSSR count). The molecule has 0 radical (unpaired) electrons. The van der Waals surface area contributed by atoms with Crippen LogP contribution in [0.25, 0.3) is 32.7 Å². The van der Waals surface area contributed by atoms with Gasteiger partial charge in [0, 0.05) is 27.8 Å². The molecule has 37 heavy (non-hydrogen) atoms. The van der Waals surface area contributed by atoms with Crippen molar-refractivity contribution in [1.29, 1.82) is 0 Å². The Morgan fingerprint density at radius 1 is 0.622 bits per heavy atom. The predicted molar refractivity (Wildman–Crippen MR) is 138 cm³/mol. The summed E-state index contributed by atoms with van der Waals surface area (Å²) in [6, 6.07) is 7.18. The Morgan fingerprint density at radius 2 is 1.22 bits per heavy atom. The molecule has 11 heteroatoms. The van der Waals surface area contributed by atoms with Crippen LogP contribution in [0.5, 0.6) is 46.0 Å². The van der Waals surface area contributed by atoms with Gasteiger partial charge in [-0.3, -0.25) is 0 Å². The highest BCUT2D eigenvalue weighted by Gasteiger charge is 2.36. The molecule has 0 heterocycles. The van der Waals surface area contributed by atoms with E-state index in [-0.39, 0.29) is 29.4 Å². The van der Waals surface area contributed by atoms with Gasteiger partial charge in [-0.15, -0.1) is 0 Å². The molecule has 194 valence electrons. The van der Waals surface area contributed by atoms with E-state index < -0.39 is 68.0 Å². The van der Waals surface area contributed by atoms with Crippen LogP contribution in [0.15, 0.2) is 30.3 Å². The number of fused-ring (bicyclic) bond motifs is 3. The quantitative estimate of drug-likeness (QED) is 0.0835. The normalized spacial score (nSPS) is 12.4. The number of hydrogen-bond donors (Lipinski definition) is 9. The van der Waals surface area contributed by atoms with E-state index in [9.17, 15) is 46.0 Å². The molecular formula is C26H27BO10. The molecule has 0 bridgehead atoms. The van der Waals surface area contributed by atoms with Crippen molar-refractivity contribution in [2.75, 3.05) is 0 Å². The van der Waals surface area contributed by atoms with Gasteiger partial charge in [0.25, 0.3) is 0 Å². The van der Waals surface area contributed by atoms with Gasteiger partial charge in [0.05, 0.1) is 16.6 Å². The Balaban J connectivity index is 2.07. The van der Waals surface area contributed by atoms with Crippen molar-refractivity contribution in [1.82, 2.24) is 0 Å². The SMILES string of the molecule is CC(C)(O)C(C)(C)OBc1cccc(-c2c(O)c3c(O)c(O)cc(O)c3c3c(O)c(O)c(O)c(O)c23)c1. The molecule has 0 fully saturated rings. The summed E-state index contributed by atoms with van der Waals surface area (Å²) in [5.41, 5.74) is -1.48. The summed E-state index contributed by atoms with van der Waals surface area (Å²) in [6.45, 7) is 6.66. The van der Waals surface area contributed by atoms with E-state index in [2.05, 4.69) is 0 Å². The summed E-state index contributed by atoms with van der Waals surface area (Å²) in [7, 11) is 0.0349. The molecule has 0 aliphatic heterocycles. The lowest BCUT2D eigenvalue weighted by atomic mass is 9.81. The summed E-state index contributed by atoms with van der Waals surface area (Å²) < 4.78 is 5.91. The first-order valence-corrected chi connectivity index (χ1v) is 11.3. The number of rotatable bonds is 5. The Bertz CT molecular complexity index is 1570. The highest BCUT2D eigenvalue weighted by atomic mass is 16.5. The van der Waals surface area contributed by atoms with Crippen LogP contribution in [-0.4, -0.2) is 64.6 Å². The zero-order chi connectivity index (χ0) is 27.6. The van der Waals surface area contributed by atoms with Crippen molar-refractivity contribution in [3.63, 3.8) is 0 Å². The maximum absolute atomic E-state index is 11.3. The maximum Gasteiger partial charge on any atom is 0.309 e. The number of benzene rings is 4. The van der Waals surface area contributed by atoms with E-state index >= 15 is 0 Å². The molecule has 4 aromatic rings. The Labute approximate surface area is 211 Å². The van der Waals surface area contributed by atoms with Gasteiger partial charge in [0.1, 0.15) is 11.5 Å². The molecule has 0 aliphatic rings. The molecule has 0 unspecified atom stereocenters. The number of aliphatic hydroxyl groups is 1. The zero-order valence-corrected chi connectivity index (χ0v) is 20.5. The topological polar surface area (TPSA) is 191 Å². The number of hydrogen-bond acceptors (Lipinski definition) is 10. The molecule has 0 saturated heterocycles. The summed E-state index contributed by atoms with van der Waals surface area (Å²) in [5, 5.41) is 93.2. The van der Waals surface area contributed by atoms with Gasteiger partial charge in [-0.1, -0.05) is 29.7 Å². The molecular weight excluding hydrogens is 483 g/mol. The fraction of sp³-hybridized carbons (Fsp3) is 0.231. The van der Waals surface area contributed by atoms with E-state index in [1.165, 1.54) is 6.07 Å². The van der Waals surface area contributed by atoms with Crippen LogP contribution in [0.3, 0.4) is 0 Å². The minimum Gasteiger partial charge on any atom is -0.507 e. The average Bonchev–Trinajstić information content (AvgIpc) is 2.82. The Morgan fingerprint density at radius 3 is 1.81 bits per heavy atom. The van der Waals surface area contributed by atoms with E-state index in [4.69, 9.17) is 4.65 Å². The Hall–Kier alpha value is -4.22. The number of phenolic OH excluding ortho intramolecular Hbond substituents is 8. The molecule has 0 atom stereocenters. The van der Waals surface area contributed by atoms with Crippen LogP contribution in [-0.2, 0) is 4.65 Å². The van der Waals surface area contributed by atoms with E-state index in [1.807, 2.05) is 0 Å². The van der Waals surface area contributed by atoms with Gasteiger partial charge < -0.3 is 50.6 Å². The van der Waals surface area contributed by atoms with Crippen molar-refractivity contribution in [2.45, 2.75) is 38.9 Å². The fourth-order valence-corrected chi connectivity index (χ4v) is 4.09. The molecule has 0 aromatic heterocycles. The molecule has 9 N–H and O–H groups in total. The molecule has 0 amide bonds. The smallest absolute Gasteiger partial charge is 0.309 e. The van der Waals surface area contributed by atoms with Gasteiger partial charge in [-0.05, 0) is 33.3 Å². The van der Waals surface area contributed by atoms with Gasteiger partial charge in [-0.2, -0.15) is 0 Å². The van der Waals surface area contributed by atoms with Crippen LogP contribution in [0, 0.1) is 0 Å². The van der Waals surface area contributed by atoms with Gasteiger partial charge >= 0.3 is 7.48 Å². The van der Waals surface area contributed by atoms with Crippen molar-refractivity contribution in [2.24, 2.45) is 0 Å². The highest BCUT2D eigenvalue weighted by Crippen LogP contribution is 2.59. The van der Waals surface area contributed by atoms with Gasteiger partial charge in [0.15, 0.2) is 23.0 Å². The monoisotopic (exact) mass is 510 g/mol. The lowest BCUT2D eigenvalue weighted by molar-refractivity contribution is -0.0893. The summed E-state index contributed by atoms with van der Waals surface area (Å²) >= 11 is 0. The second-order valence-corrected chi connectivity index (χ2v) is 9.94. The second kappa shape index (κ2) is 8.43. The highest BCUT2D eigenvalue weighted by molar-refractivity contribution is 6.47. The third-order valence-electron chi connectivity index (χ3n) is 6.92. The molecule has 4 aromatic carbocycles. The van der Waals surface area contributed by atoms with Crippen molar-refractivity contribution in [3.8, 4) is 57.1 Å². The van der Waals surface area contributed by atoms with Crippen LogP contribution >= 0.6 is 0 Å². The van der Waals surface area contributed by atoms with Crippen molar-refractivity contribution < 1.29 is 50.6 Å². The van der Waals surface area contributed by atoms with Gasteiger partial charge in [0.2, 0.25) is 11.5 Å². The minimum atomic E-state index is -1.16. The third kappa shape index (κ3) is 3.92. The number of phenols is 8. The standard InChI is InChI=1S/C26H27BO10/c1-25(2,36)26(3,4)37-27-11-7-5-6-10(8-11)14-16-17(22(33)24(35)23(34)21(16)32)15-12(28)9-13(29)19(30)18(15)20(14)31/h5-9,27-36H,1-4H3. The van der Waals surface area contributed by atoms with E-state index in [0.717, 1.165) is 6.07 Å². The second-order valence-electron chi connectivity index (χ2n) is 9.94. The summed E-state index contributed by atoms with van der Waals surface area (Å²) in [6.07, 6.45) is 0. The fourth-order valence-electron chi connectivity index (χ4n) is 4.09. The Kier molecular flexibility index (Phi) is 5.89. The number of aromatic hydroxyl groups is 8. The van der Waals surface area contributed by atoms with Crippen molar-refractivity contribution >= 4 is 34.5 Å². The maximum atomic E-state index is 11.3. The first-order valence-electron chi connectivity index (χ1n) is 11.3. The molecule has 0 aliphatic carbocycles. The summed E-state index contributed by atoms with van der Waals surface area (Å²) in [4.78, 5) is 0. The van der Waals surface area contributed by atoms with E-state index in [0.29, 0.717) is 5.46 Å². The largest absolute Gasteiger partial charge is 0.507 e. The van der Waals surface area contributed by atoms with Crippen LogP contribution in [0.4, 0.5) is 0 Å². The zero-order valence-electron chi connectivity index (χ0n) is 20.5. The van der Waals surface area contributed by atoms with Gasteiger partial charge in [-0.25, -0.2) is 0 Å². The predicted octanol–water partition coefficient (Wildman–Crippen LogP) is 2.85. The average molecular weight is 510 g/mol. The molecule has 10 nitrogen and oxygen atoms in total.